The number of halogens is 1. The molecule has 1 aromatic heterocycles. The Hall–Kier alpha value is -0.800. The molecule has 24 heavy (non-hydrogen) atoms. The van der Waals surface area contributed by atoms with E-state index >= 15 is 0 Å². The van der Waals surface area contributed by atoms with Crippen molar-refractivity contribution < 1.29 is 9.15 Å². The first-order chi connectivity index (χ1) is 11.3. The van der Waals surface area contributed by atoms with Gasteiger partial charge in [0.05, 0.1) is 19.4 Å². The fraction of sp³-hybridized carbons (Fsp3) is 0.706. The highest BCUT2D eigenvalue weighted by Gasteiger charge is 2.22. The number of hydrogen-bond donors (Lipinski definition) is 2. The van der Waals surface area contributed by atoms with E-state index in [1.807, 2.05) is 12.1 Å². The molecule has 7 heteroatoms. The van der Waals surface area contributed by atoms with Gasteiger partial charge in [0.2, 0.25) is 0 Å². The molecule has 0 radical (unpaired) electrons. The van der Waals surface area contributed by atoms with Crippen LogP contribution in [-0.4, -0.2) is 63.3 Å². The first kappa shape index (κ1) is 21.2. The molecule has 0 saturated carbocycles. The molecule has 1 aromatic rings. The van der Waals surface area contributed by atoms with Gasteiger partial charge in [-0.25, -0.2) is 0 Å². The van der Waals surface area contributed by atoms with Crippen LogP contribution in [0, 0.1) is 0 Å². The van der Waals surface area contributed by atoms with Crippen molar-refractivity contribution in [3.63, 3.8) is 0 Å². The summed E-state index contributed by atoms with van der Waals surface area (Å²) in [5.41, 5.74) is 0. The van der Waals surface area contributed by atoms with Gasteiger partial charge >= 0.3 is 0 Å². The second-order valence-electron chi connectivity index (χ2n) is 5.79. The predicted molar refractivity (Wildman–Crippen MR) is 108 cm³/mol. The summed E-state index contributed by atoms with van der Waals surface area (Å²) < 4.78 is 10.5. The zero-order valence-electron chi connectivity index (χ0n) is 14.8. The Kier molecular flexibility index (Phi) is 11.1. The largest absolute Gasteiger partial charge is 0.469 e. The molecule has 0 aromatic carbocycles. The van der Waals surface area contributed by atoms with Crippen molar-refractivity contribution in [3.05, 3.63) is 24.2 Å². The summed E-state index contributed by atoms with van der Waals surface area (Å²) >= 11 is 0. The summed E-state index contributed by atoms with van der Waals surface area (Å²) in [6.07, 6.45) is 5.09. The van der Waals surface area contributed by atoms with Crippen molar-refractivity contribution in [3.8, 4) is 0 Å². The van der Waals surface area contributed by atoms with Crippen LogP contribution in [-0.2, 0) is 11.2 Å². The third-order valence-corrected chi connectivity index (χ3v) is 4.21. The molecule has 1 unspecified atom stereocenters. The molecule has 0 aliphatic carbocycles. The maximum Gasteiger partial charge on any atom is 0.191 e. The van der Waals surface area contributed by atoms with Gasteiger partial charge in [0, 0.05) is 32.7 Å². The number of likely N-dealkylation sites (tertiary alicyclic amines) is 1. The SMILES string of the molecule is CCN1CCCC1CN=C(NCCOC)NCCc1ccco1.I. The number of methoxy groups -OCH3 is 1. The van der Waals surface area contributed by atoms with Crippen molar-refractivity contribution >= 4 is 29.9 Å². The molecular formula is C17H31IN4O2. The third kappa shape index (κ3) is 7.40. The molecule has 0 bridgehead atoms. The number of hydrogen-bond acceptors (Lipinski definition) is 4. The summed E-state index contributed by atoms with van der Waals surface area (Å²) in [5, 5.41) is 6.70. The first-order valence-electron chi connectivity index (χ1n) is 8.61. The molecule has 0 spiro atoms. The fourth-order valence-electron chi connectivity index (χ4n) is 2.92. The van der Waals surface area contributed by atoms with E-state index in [9.17, 15) is 0 Å². The second kappa shape index (κ2) is 12.5. The fourth-order valence-corrected chi connectivity index (χ4v) is 2.92. The number of ether oxygens (including phenoxy) is 1. The van der Waals surface area contributed by atoms with Crippen LogP contribution in [0.25, 0.3) is 0 Å². The molecule has 1 saturated heterocycles. The summed E-state index contributed by atoms with van der Waals surface area (Å²) in [5.74, 6) is 1.85. The minimum atomic E-state index is 0. The average molecular weight is 450 g/mol. The zero-order chi connectivity index (χ0) is 16.3. The molecular weight excluding hydrogens is 419 g/mol. The quantitative estimate of drug-likeness (QED) is 0.261. The predicted octanol–water partition coefficient (Wildman–Crippen LogP) is 2.11. The first-order valence-corrected chi connectivity index (χ1v) is 8.61. The Morgan fingerprint density at radius 1 is 1.42 bits per heavy atom. The minimum absolute atomic E-state index is 0. The van der Waals surface area contributed by atoms with Gasteiger partial charge in [0.1, 0.15) is 5.76 Å². The minimum Gasteiger partial charge on any atom is -0.469 e. The van der Waals surface area contributed by atoms with Gasteiger partial charge in [-0.3, -0.25) is 9.89 Å². The smallest absolute Gasteiger partial charge is 0.191 e. The molecule has 138 valence electrons. The molecule has 1 aliphatic rings. The Morgan fingerprint density at radius 3 is 2.96 bits per heavy atom. The van der Waals surface area contributed by atoms with Gasteiger partial charge in [-0.1, -0.05) is 6.92 Å². The summed E-state index contributed by atoms with van der Waals surface area (Å²) in [4.78, 5) is 7.27. The number of furan rings is 1. The number of nitrogens with zero attached hydrogens (tertiary/aromatic N) is 2. The van der Waals surface area contributed by atoms with E-state index in [0.717, 1.165) is 44.3 Å². The Bertz CT molecular complexity index is 453. The number of likely N-dealkylation sites (N-methyl/N-ethyl adjacent to an activating group) is 1. The average Bonchev–Trinajstić information content (AvgIpc) is 3.23. The van der Waals surface area contributed by atoms with Crippen LogP contribution < -0.4 is 10.6 Å². The van der Waals surface area contributed by atoms with E-state index in [0.29, 0.717) is 12.6 Å². The Morgan fingerprint density at radius 2 is 2.25 bits per heavy atom. The molecule has 1 aliphatic heterocycles. The molecule has 6 nitrogen and oxygen atoms in total. The highest BCUT2D eigenvalue weighted by molar-refractivity contribution is 14.0. The van der Waals surface area contributed by atoms with Crippen molar-refractivity contribution in [1.29, 1.82) is 0 Å². The van der Waals surface area contributed by atoms with Gasteiger partial charge in [0.15, 0.2) is 5.96 Å². The maximum atomic E-state index is 5.36. The lowest BCUT2D eigenvalue weighted by Crippen LogP contribution is -2.41. The van der Waals surface area contributed by atoms with Gasteiger partial charge < -0.3 is 19.8 Å². The monoisotopic (exact) mass is 450 g/mol. The van der Waals surface area contributed by atoms with Crippen LogP contribution in [0.15, 0.2) is 27.8 Å². The van der Waals surface area contributed by atoms with Crippen LogP contribution in [0.3, 0.4) is 0 Å². The lowest BCUT2D eigenvalue weighted by Gasteiger charge is -2.21. The second-order valence-corrected chi connectivity index (χ2v) is 5.79. The van der Waals surface area contributed by atoms with Crippen molar-refractivity contribution in [2.24, 2.45) is 4.99 Å². The standard InChI is InChI=1S/C17H30N4O2.HI/c1-3-21-11-4-6-15(21)14-20-17(19-10-13-22-2)18-9-8-16-7-5-12-23-16;/h5,7,12,15H,3-4,6,8-11,13-14H2,1-2H3,(H2,18,19,20);1H. The van der Waals surface area contributed by atoms with Crippen molar-refractivity contribution in [1.82, 2.24) is 15.5 Å². The molecule has 2 rings (SSSR count). The molecule has 2 N–H and O–H groups in total. The van der Waals surface area contributed by atoms with Gasteiger partial charge in [0.25, 0.3) is 0 Å². The van der Waals surface area contributed by atoms with E-state index in [1.165, 1.54) is 19.4 Å². The van der Waals surface area contributed by atoms with Crippen molar-refractivity contribution in [2.75, 3.05) is 46.4 Å². The summed E-state index contributed by atoms with van der Waals surface area (Å²) in [6, 6.07) is 4.49. The summed E-state index contributed by atoms with van der Waals surface area (Å²) in [6.45, 7) is 7.61. The van der Waals surface area contributed by atoms with E-state index in [-0.39, 0.29) is 24.0 Å². The molecule has 0 amide bonds. The van der Waals surface area contributed by atoms with Crippen LogP contribution in [0.4, 0.5) is 0 Å². The maximum absolute atomic E-state index is 5.36. The highest BCUT2D eigenvalue weighted by atomic mass is 127. The Labute approximate surface area is 162 Å². The van der Waals surface area contributed by atoms with E-state index in [2.05, 4.69) is 22.5 Å². The highest BCUT2D eigenvalue weighted by Crippen LogP contribution is 2.16. The van der Waals surface area contributed by atoms with Gasteiger partial charge in [-0.2, -0.15) is 0 Å². The molecule has 1 atom stereocenters. The topological polar surface area (TPSA) is 62.0 Å². The number of aliphatic imine (C=N–C) groups is 1. The van der Waals surface area contributed by atoms with Crippen LogP contribution in [0.2, 0.25) is 0 Å². The number of nitrogens with one attached hydrogen (secondary N) is 2. The van der Waals surface area contributed by atoms with E-state index < -0.39 is 0 Å². The Balaban J connectivity index is 0.00000288. The van der Waals surface area contributed by atoms with Crippen LogP contribution >= 0.6 is 24.0 Å². The summed E-state index contributed by atoms with van der Waals surface area (Å²) in [7, 11) is 1.71. The zero-order valence-corrected chi connectivity index (χ0v) is 17.1. The van der Waals surface area contributed by atoms with Crippen LogP contribution in [0.5, 0.6) is 0 Å². The number of guanidine groups is 1. The number of rotatable bonds is 9. The van der Waals surface area contributed by atoms with Gasteiger partial charge in [-0.15, -0.1) is 24.0 Å². The normalized spacial score (nSPS) is 18.4. The van der Waals surface area contributed by atoms with E-state index in [4.69, 9.17) is 14.1 Å². The van der Waals surface area contributed by atoms with Crippen molar-refractivity contribution in [2.45, 2.75) is 32.2 Å². The lowest BCUT2D eigenvalue weighted by molar-refractivity contribution is 0.203. The van der Waals surface area contributed by atoms with E-state index in [1.54, 1.807) is 13.4 Å². The molecule has 1 fully saturated rings. The molecule has 2 heterocycles. The third-order valence-electron chi connectivity index (χ3n) is 4.21. The lowest BCUT2D eigenvalue weighted by atomic mass is 10.2. The van der Waals surface area contributed by atoms with Gasteiger partial charge in [-0.05, 0) is 38.1 Å². The van der Waals surface area contributed by atoms with Crippen LogP contribution in [0.1, 0.15) is 25.5 Å².